The fourth-order valence-corrected chi connectivity index (χ4v) is 3.23. The minimum absolute atomic E-state index is 0.146. The Morgan fingerprint density at radius 1 is 1.32 bits per heavy atom. The number of carbonyl (C=O) groups excluding carboxylic acids is 1. The molecule has 132 valence electrons. The number of piperidine rings is 1. The molecule has 1 aromatic carbocycles. The van der Waals surface area contributed by atoms with E-state index in [1.165, 1.54) is 23.0 Å². The SMILES string of the molecule is O=C(Cn1cccnc1=O)N1CCC[C@H](O)[C@@H]1Cc1ccccc1F. The third kappa shape index (κ3) is 3.93. The lowest BCUT2D eigenvalue weighted by Crippen LogP contribution is -2.53. The van der Waals surface area contributed by atoms with Gasteiger partial charge in [-0.15, -0.1) is 0 Å². The molecular weight excluding hydrogens is 325 g/mol. The second kappa shape index (κ2) is 7.57. The van der Waals surface area contributed by atoms with Crippen LogP contribution in [0.25, 0.3) is 0 Å². The van der Waals surface area contributed by atoms with E-state index in [9.17, 15) is 19.1 Å². The van der Waals surface area contributed by atoms with Gasteiger partial charge in [0, 0.05) is 18.9 Å². The molecule has 0 unspecified atom stereocenters. The van der Waals surface area contributed by atoms with E-state index in [-0.39, 0.29) is 24.7 Å². The summed E-state index contributed by atoms with van der Waals surface area (Å²) in [4.78, 5) is 29.6. The number of nitrogens with zero attached hydrogens (tertiary/aromatic N) is 3. The Labute approximate surface area is 144 Å². The smallest absolute Gasteiger partial charge is 0.347 e. The highest BCUT2D eigenvalue weighted by molar-refractivity contribution is 5.76. The van der Waals surface area contributed by atoms with Crippen molar-refractivity contribution in [2.45, 2.75) is 38.0 Å². The third-order valence-electron chi connectivity index (χ3n) is 4.54. The molecule has 0 spiro atoms. The third-order valence-corrected chi connectivity index (χ3v) is 4.54. The molecule has 1 N–H and O–H groups in total. The van der Waals surface area contributed by atoms with Crippen LogP contribution in [-0.4, -0.2) is 44.2 Å². The number of amides is 1. The number of likely N-dealkylation sites (tertiary alicyclic amines) is 1. The van der Waals surface area contributed by atoms with Crippen LogP contribution < -0.4 is 5.69 Å². The van der Waals surface area contributed by atoms with Gasteiger partial charge in [0.05, 0.1) is 12.1 Å². The van der Waals surface area contributed by atoms with E-state index < -0.39 is 17.8 Å². The van der Waals surface area contributed by atoms with Crippen molar-refractivity contribution < 1.29 is 14.3 Å². The number of carbonyl (C=O) groups is 1. The van der Waals surface area contributed by atoms with E-state index in [4.69, 9.17) is 0 Å². The Morgan fingerprint density at radius 3 is 2.88 bits per heavy atom. The van der Waals surface area contributed by atoms with Crippen LogP contribution in [0.2, 0.25) is 0 Å². The van der Waals surface area contributed by atoms with Crippen molar-refractivity contribution in [1.82, 2.24) is 14.5 Å². The Balaban J connectivity index is 1.80. The first-order valence-electron chi connectivity index (χ1n) is 8.28. The molecule has 7 heteroatoms. The van der Waals surface area contributed by atoms with Gasteiger partial charge < -0.3 is 10.0 Å². The summed E-state index contributed by atoms with van der Waals surface area (Å²) in [6.07, 6.45) is 3.62. The van der Waals surface area contributed by atoms with Crippen molar-refractivity contribution >= 4 is 5.91 Å². The molecule has 1 aliphatic rings. The summed E-state index contributed by atoms with van der Waals surface area (Å²) in [7, 11) is 0. The first-order chi connectivity index (χ1) is 12.1. The molecule has 0 aliphatic carbocycles. The molecule has 2 aromatic rings. The molecule has 25 heavy (non-hydrogen) atoms. The van der Waals surface area contributed by atoms with Crippen LogP contribution in [0.15, 0.2) is 47.5 Å². The van der Waals surface area contributed by atoms with Gasteiger partial charge in [0.25, 0.3) is 0 Å². The molecule has 1 saturated heterocycles. The number of rotatable bonds is 4. The number of hydrogen-bond acceptors (Lipinski definition) is 4. The highest BCUT2D eigenvalue weighted by Crippen LogP contribution is 2.23. The molecule has 1 amide bonds. The van der Waals surface area contributed by atoms with Crippen LogP contribution in [0.5, 0.6) is 0 Å². The Bertz CT molecular complexity index is 808. The van der Waals surface area contributed by atoms with Crippen LogP contribution >= 0.6 is 0 Å². The number of aliphatic hydroxyl groups excluding tert-OH is 1. The van der Waals surface area contributed by atoms with E-state index in [2.05, 4.69) is 4.98 Å². The van der Waals surface area contributed by atoms with Crippen LogP contribution in [0.1, 0.15) is 18.4 Å². The lowest BCUT2D eigenvalue weighted by molar-refractivity contribution is -0.139. The van der Waals surface area contributed by atoms with Crippen molar-refractivity contribution in [2.75, 3.05) is 6.54 Å². The quantitative estimate of drug-likeness (QED) is 0.896. The van der Waals surface area contributed by atoms with Crippen molar-refractivity contribution in [1.29, 1.82) is 0 Å². The van der Waals surface area contributed by atoms with E-state index in [0.29, 0.717) is 24.9 Å². The van der Waals surface area contributed by atoms with Crippen LogP contribution in [0, 0.1) is 5.82 Å². The lowest BCUT2D eigenvalue weighted by atomic mass is 9.92. The van der Waals surface area contributed by atoms with Gasteiger partial charge >= 0.3 is 5.69 Å². The standard InChI is InChI=1S/C18H20FN3O3/c19-14-6-2-1-5-13(14)11-15-16(23)7-3-10-22(15)17(24)12-21-9-4-8-20-18(21)25/h1-2,4-6,8-9,15-16,23H,3,7,10-12H2/t15-,16-/m0/s1. The molecule has 2 atom stereocenters. The predicted octanol–water partition coefficient (Wildman–Crippen LogP) is 0.977. The molecular formula is C18H20FN3O3. The average molecular weight is 345 g/mol. The second-order valence-electron chi connectivity index (χ2n) is 6.19. The summed E-state index contributed by atoms with van der Waals surface area (Å²) in [5, 5.41) is 10.4. The van der Waals surface area contributed by atoms with E-state index >= 15 is 0 Å². The van der Waals surface area contributed by atoms with Gasteiger partial charge in [0.2, 0.25) is 5.91 Å². The van der Waals surface area contributed by atoms with Crippen molar-refractivity contribution in [3.05, 3.63) is 64.6 Å². The summed E-state index contributed by atoms with van der Waals surface area (Å²) < 4.78 is 15.2. The number of aliphatic hydroxyl groups is 1. The highest BCUT2D eigenvalue weighted by Gasteiger charge is 2.33. The molecule has 1 fully saturated rings. The fourth-order valence-electron chi connectivity index (χ4n) is 3.23. The minimum atomic E-state index is -0.720. The minimum Gasteiger partial charge on any atom is -0.391 e. The number of hydrogen-bond donors (Lipinski definition) is 1. The van der Waals surface area contributed by atoms with Crippen molar-refractivity contribution in [3.8, 4) is 0 Å². The molecule has 0 radical (unpaired) electrons. The van der Waals surface area contributed by atoms with Gasteiger partial charge in [-0.1, -0.05) is 18.2 Å². The maximum Gasteiger partial charge on any atom is 0.347 e. The highest BCUT2D eigenvalue weighted by atomic mass is 19.1. The second-order valence-corrected chi connectivity index (χ2v) is 6.19. The van der Waals surface area contributed by atoms with E-state index in [0.717, 1.165) is 0 Å². The Morgan fingerprint density at radius 2 is 2.12 bits per heavy atom. The normalized spacial score (nSPS) is 20.5. The van der Waals surface area contributed by atoms with Gasteiger partial charge in [-0.2, -0.15) is 0 Å². The molecule has 2 heterocycles. The van der Waals surface area contributed by atoms with Gasteiger partial charge in [0.15, 0.2) is 0 Å². The van der Waals surface area contributed by atoms with Crippen molar-refractivity contribution in [3.63, 3.8) is 0 Å². The maximum atomic E-state index is 14.0. The van der Waals surface area contributed by atoms with Crippen molar-refractivity contribution in [2.24, 2.45) is 0 Å². The zero-order valence-corrected chi connectivity index (χ0v) is 13.7. The van der Waals surface area contributed by atoms with Crippen LogP contribution in [0.3, 0.4) is 0 Å². The summed E-state index contributed by atoms with van der Waals surface area (Å²) in [5.41, 5.74) is -0.0381. The Kier molecular flexibility index (Phi) is 5.23. The summed E-state index contributed by atoms with van der Waals surface area (Å²) in [5.74, 6) is -0.633. The molecule has 0 saturated carbocycles. The first-order valence-corrected chi connectivity index (χ1v) is 8.28. The summed E-state index contributed by atoms with van der Waals surface area (Å²) in [6.45, 7) is 0.331. The summed E-state index contributed by atoms with van der Waals surface area (Å²) in [6, 6.07) is 7.43. The molecule has 1 aromatic heterocycles. The molecule has 3 rings (SSSR count). The average Bonchev–Trinajstić information content (AvgIpc) is 2.60. The van der Waals surface area contributed by atoms with Gasteiger partial charge in [-0.25, -0.2) is 14.2 Å². The number of halogens is 1. The molecule has 0 bridgehead atoms. The molecule has 6 nitrogen and oxygen atoms in total. The zero-order chi connectivity index (χ0) is 17.8. The van der Waals surface area contributed by atoms with Gasteiger partial charge in [-0.05, 0) is 37.0 Å². The summed E-state index contributed by atoms with van der Waals surface area (Å²) >= 11 is 0. The first kappa shape index (κ1) is 17.3. The number of aromatic nitrogens is 2. The van der Waals surface area contributed by atoms with Gasteiger partial charge in [0.1, 0.15) is 12.4 Å². The van der Waals surface area contributed by atoms with Gasteiger partial charge in [-0.3, -0.25) is 9.36 Å². The number of benzene rings is 1. The topological polar surface area (TPSA) is 75.4 Å². The van der Waals surface area contributed by atoms with E-state index in [1.807, 2.05) is 0 Å². The van der Waals surface area contributed by atoms with Crippen LogP contribution in [0.4, 0.5) is 4.39 Å². The maximum absolute atomic E-state index is 14.0. The predicted molar refractivity (Wildman–Crippen MR) is 89.3 cm³/mol. The van der Waals surface area contributed by atoms with Crippen LogP contribution in [-0.2, 0) is 17.8 Å². The lowest BCUT2D eigenvalue weighted by Gasteiger charge is -2.39. The molecule has 1 aliphatic heterocycles. The van der Waals surface area contributed by atoms with E-state index in [1.54, 1.807) is 29.2 Å². The largest absolute Gasteiger partial charge is 0.391 e. The zero-order valence-electron chi connectivity index (χ0n) is 13.7. The Hall–Kier alpha value is -2.54. The monoisotopic (exact) mass is 345 g/mol. The fraction of sp³-hybridized carbons (Fsp3) is 0.389.